The van der Waals surface area contributed by atoms with Gasteiger partial charge in [0.05, 0.1) is 0 Å². The smallest absolute Gasteiger partial charge is 0.252 e. The molecule has 1 aromatic heterocycles. The molecular formula is C13H20N4O. The summed E-state index contributed by atoms with van der Waals surface area (Å²) in [7, 11) is 0. The van der Waals surface area contributed by atoms with Crippen molar-refractivity contribution in [1.29, 1.82) is 0 Å². The molecule has 1 aliphatic heterocycles. The van der Waals surface area contributed by atoms with Crippen molar-refractivity contribution in [2.24, 2.45) is 0 Å². The van der Waals surface area contributed by atoms with E-state index in [1.807, 2.05) is 0 Å². The number of piperazine rings is 1. The van der Waals surface area contributed by atoms with E-state index in [0.717, 1.165) is 50.5 Å². The molecule has 5 nitrogen and oxygen atoms in total. The molecule has 2 fully saturated rings. The number of nitrogens with one attached hydrogen (secondary N) is 2. The molecule has 1 atom stereocenters. The average Bonchev–Trinajstić information content (AvgIpc) is 3.22. The molecule has 2 N–H and O–H groups in total. The second kappa shape index (κ2) is 4.72. The summed E-state index contributed by atoms with van der Waals surface area (Å²) in [6.07, 6.45) is 3.39. The third kappa shape index (κ3) is 2.27. The van der Waals surface area contributed by atoms with Crippen LogP contribution in [-0.4, -0.2) is 35.6 Å². The number of H-pyrrole nitrogens is 1. The second-order valence-electron chi connectivity index (χ2n) is 5.22. The van der Waals surface area contributed by atoms with Crippen molar-refractivity contribution in [3.8, 4) is 0 Å². The molecule has 3 rings (SSSR count). The van der Waals surface area contributed by atoms with Crippen molar-refractivity contribution in [3.63, 3.8) is 0 Å². The molecule has 2 heterocycles. The zero-order valence-electron chi connectivity index (χ0n) is 10.8. The Balaban J connectivity index is 1.91. The third-order valence-corrected chi connectivity index (χ3v) is 3.83. The summed E-state index contributed by atoms with van der Waals surface area (Å²) in [6.45, 7) is 5.05. The zero-order valence-corrected chi connectivity index (χ0v) is 10.8. The van der Waals surface area contributed by atoms with Gasteiger partial charge in [-0.05, 0) is 19.3 Å². The number of aromatic nitrogens is 2. The first-order valence-electron chi connectivity index (χ1n) is 6.86. The molecule has 1 aromatic rings. The minimum Gasteiger partial charge on any atom is -0.351 e. The lowest BCUT2D eigenvalue weighted by molar-refractivity contribution is 0.462. The van der Waals surface area contributed by atoms with Gasteiger partial charge in [0.2, 0.25) is 0 Å². The van der Waals surface area contributed by atoms with Crippen LogP contribution in [0.5, 0.6) is 0 Å². The van der Waals surface area contributed by atoms with Crippen molar-refractivity contribution < 1.29 is 0 Å². The van der Waals surface area contributed by atoms with Crippen LogP contribution in [0.3, 0.4) is 0 Å². The van der Waals surface area contributed by atoms with E-state index in [4.69, 9.17) is 0 Å². The lowest BCUT2D eigenvalue weighted by Crippen LogP contribution is -2.51. The first-order valence-corrected chi connectivity index (χ1v) is 6.86. The monoisotopic (exact) mass is 248 g/mol. The molecule has 1 aliphatic carbocycles. The molecule has 18 heavy (non-hydrogen) atoms. The third-order valence-electron chi connectivity index (χ3n) is 3.83. The number of rotatable bonds is 3. The van der Waals surface area contributed by atoms with Crippen molar-refractivity contribution in [2.45, 2.75) is 38.1 Å². The number of aromatic amines is 1. The summed E-state index contributed by atoms with van der Waals surface area (Å²) in [6, 6.07) is 2.08. The van der Waals surface area contributed by atoms with Crippen LogP contribution in [0.15, 0.2) is 10.9 Å². The van der Waals surface area contributed by atoms with Gasteiger partial charge in [-0.3, -0.25) is 4.79 Å². The lowest BCUT2D eigenvalue weighted by Gasteiger charge is -2.36. The van der Waals surface area contributed by atoms with Crippen molar-refractivity contribution in [1.82, 2.24) is 15.3 Å². The van der Waals surface area contributed by atoms with Crippen LogP contribution in [0.2, 0.25) is 0 Å². The maximum absolute atomic E-state index is 11.7. The van der Waals surface area contributed by atoms with Gasteiger partial charge in [0.1, 0.15) is 11.6 Å². The summed E-state index contributed by atoms with van der Waals surface area (Å²) >= 11 is 0. The van der Waals surface area contributed by atoms with Gasteiger partial charge in [0.25, 0.3) is 5.56 Å². The van der Waals surface area contributed by atoms with E-state index in [0.29, 0.717) is 12.0 Å². The first kappa shape index (κ1) is 11.7. The van der Waals surface area contributed by atoms with Gasteiger partial charge < -0.3 is 15.2 Å². The molecule has 1 unspecified atom stereocenters. The Bertz CT molecular complexity index is 480. The first-order chi connectivity index (χ1) is 8.78. The van der Waals surface area contributed by atoms with Gasteiger partial charge in [0.15, 0.2) is 0 Å². The van der Waals surface area contributed by atoms with Crippen LogP contribution >= 0.6 is 0 Å². The normalized spacial score (nSPS) is 24.3. The summed E-state index contributed by atoms with van der Waals surface area (Å²) in [4.78, 5) is 21.6. The van der Waals surface area contributed by atoms with Crippen LogP contribution in [-0.2, 0) is 0 Å². The SMILES string of the molecule is CCC1CNCCN1c1cc(=O)[nH]c(C2CC2)n1. The summed E-state index contributed by atoms with van der Waals surface area (Å²) < 4.78 is 0. The van der Waals surface area contributed by atoms with Gasteiger partial charge in [-0.15, -0.1) is 0 Å². The van der Waals surface area contributed by atoms with E-state index in [1.54, 1.807) is 6.07 Å². The van der Waals surface area contributed by atoms with E-state index in [1.165, 1.54) is 0 Å². The molecule has 1 saturated heterocycles. The van der Waals surface area contributed by atoms with Crippen LogP contribution in [0, 0.1) is 0 Å². The molecule has 0 aromatic carbocycles. The molecule has 0 bridgehead atoms. The van der Waals surface area contributed by atoms with Crippen LogP contribution in [0.25, 0.3) is 0 Å². The Morgan fingerprint density at radius 2 is 2.33 bits per heavy atom. The highest BCUT2D eigenvalue weighted by Gasteiger charge is 2.28. The van der Waals surface area contributed by atoms with Gasteiger partial charge in [-0.1, -0.05) is 6.92 Å². The van der Waals surface area contributed by atoms with Crippen LogP contribution in [0.4, 0.5) is 5.82 Å². The predicted octanol–water partition coefficient (Wildman–Crippen LogP) is 0.835. The van der Waals surface area contributed by atoms with Crippen LogP contribution < -0.4 is 15.8 Å². The Labute approximate surface area is 107 Å². The highest BCUT2D eigenvalue weighted by molar-refractivity contribution is 5.40. The van der Waals surface area contributed by atoms with Crippen molar-refractivity contribution >= 4 is 5.82 Å². The Hall–Kier alpha value is -1.36. The Kier molecular flexibility index (Phi) is 3.07. The lowest BCUT2D eigenvalue weighted by atomic mass is 10.1. The van der Waals surface area contributed by atoms with Gasteiger partial charge in [-0.25, -0.2) is 4.98 Å². The quantitative estimate of drug-likeness (QED) is 0.832. The molecule has 98 valence electrons. The fourth-order valence-electron chi connectivity index (χ4n) is 2.59. The summed E-state index contributed by atoms with van der Waals surface area (Å²) in [5, 5.41) is 3.39. The summed E-state index contributed by atoms with van der Waals surface area (Å²) in [5.74, 6) is 2.22. The highest BCUT2D eigenvalue weighted by atomic mass is 16.1. The highest BCUT2D eigenvalue weighted by Crippen LogP contribution is 2.38. The largest absolute Gasteiger partial charge is 0.351 e. The van der Waals surface area contributed by atoms with E-state index in [-0.39, 0.29) is 5.56 Å². The Morgan fingerprint density at radius 1 is 1.50 bits per heavy atom. The average molecular weight is 248 g/mol. The number of hydrogen-bond donors (Lipinski definition) is 2. The van der Waals surface area contributed by atoms with Gasteiger partial charge in [0, 0.05) is 37.7 Å². The molecule has 0 spiro atoms. The minimum atomic E-state index is -0.0183. The number of hydrogen-bond acceptors (Lipinski definition) is 4. The van der Waals surface area contributed by atoms with Gasteiger partial charge >= 0.3 is 0 Å². The molecule has 0 radical (unpaired) electrons. The zero-order chi connectivity index (χ0) is 12.5. The maximum Gasteiger partial charge on any atom is 0.252 e. The number of nitrogens with zero attached hydrogens (tertiary/aromatic N) is 2. The molecule has 0 amide bonds. The fourth-order valence-corrected chi connectivity index (χ4v) is 2.59. The van der Waals surface area contributed by atoms with Crippen LogP contribution in [0.1, 0.15) is 37.9 Å². The topological polar surface area (TPSA) is 61.0 Å². The predicted molar refractivity (Wildman–Crippen MR) is 71.1 cm³/mol. The summed E-state index contributed by atoms with van der Waals surface area (Å²) in [5.41, 5.74) is -0.0183. The van der Waals surface area contributed by atoms with Crippen molar-refractivity contribution in [2.75, 3.05) is 24.5 Å². The standard InChI is InChI=1S/C13H20N4O/c1-2-10-8-14-5-6-17(10)11-7-12(18)16-13(15-11)9-3-4-9/h7,9-10,14H,2-6,8H2,1H3,(H,15,16,18). The van der Waals surface area contributed by atoms with E-state index < -0.39 is 0 Å². The fraction of sp³-hybridized carbons (Fsp3) is 0.692. The van der Waals surface area contributed by atoms with E-state index in [2.05, 4.69) is 27.1 Å². The molecular weight excluding hydrogens is 228 g/mol. The van der Waals surface area contributed by atoms with Gasteiger partial charge in [-0.2, -0.15) is 0 Å². The Morgan fingerprint density at radius 3 is 3.06 bits per heavy atom. The minimum absolute atomic E-state index is 0.0183. The number of anilines is 1. The van der Waals surface area contributed by atoms with E-state index in [9.17, 15) is 4.79 Å². The second-order valence-corrected chi connectivity index (χ2v) is 5.22. The molecule has 5 heteroatoms. The van der Waals surface area contributed by atoms with E-state index >= 15 is 0 Å². The van der Waals surface area contributed by atoms with Crippen molar-refractivity contribution in [3.05, 3.63) is 22.2 Å². The molecule has 1 saturated carbocycles. The maximum atomic E-state index is 11.7. The molecule has 2 aliphatic rings.